The summed E-state index contributed by atoms with van der Waals surface area (Å²) in [4.78, 5) is 0. The predicted molar refractivity (Wildman–Crippen MR) is 73.1 cm³/mol. The molecule has 1 N–H and O–H groups in total. The summed E-state index contributed by atoms with van der Waals surface area (Å²) in [7, 11) is 0. The third kappa shape index (κ3) is 3.13. The molecular formula is C15H23N. The molecule has 0 aliphatic rings. The largest absolute Gasteiger partial charge is 0.384 e. The van der Waals surface area contributed by atoms with Crippen molar-refractivity contribution in [1.82, 2.24) is 0 Å². The Hall–Kier alpha value is -1.24. The third-order valence-corrected chi connectivity index (χ3v) is 3.20. The first-order valence-corrected chi connectivity index (χ1v) is 6.06. The molecule has 0 fully saturated rings. The van der Waals surface area contributed by atoms with Crippen molar-refractivity contribution in [3.8, 4) is 0 Å². The molecule has 0 aromatic heterocycles. The van der Waals surface area contributed by atoms with E-state index in [9.17, 15) is 0 Å². The van der Waals surface area contributed by atoms with E-state index in [1.807, 2.05) is 6.08 Å². The molecule has 1 nitrogen and oxygen atoms in total. The van der Waals surface area contributed by atoms with Crippen LogP contribution in [0.2, 0.25) is 0 Å². The van der Waals surface area contributed by atoms with Gasteiger partial charge in [-0.1, -0.05) is 45.0 Å². The van der Waals surface area contributed by atoms with Gasteiger partial charge in [-0.25, -0.2) is 0 Å². The number of anilines is 1. The summed E-state index contributed by atoms with van der Waals surface area (Å²) < 4.78 is 0. The highest BCUT2D eigenvalue weighted by Crippen LogP contribution is 2.32. The molecule has 1 heteroatoms. The third-order valence-electron chi connectivity index (χ3n) is 3.20. The van der Waals surface area contributed by atoms with E-state index >= 15 is 0 Å². The van der Waals surface area contributed by atoms with Crippen molar-refractivity contribution < 1.29 is 0 Å². The zero-order valence-electron chi connectivity index (χ0n) is 10.7. The molecule has 88 valence electrons. The van der Waals surface area contributed by atoms with Gasteiger partial charge in [-0.3, -0.25) is 0 Å². The van der Waals surface area contributed by atoms with E-state index in [1.54, 1.807) is 0 Å². The fourth-order valence-corrected chi connectivity index (χ4v) is 1.73. The van der Waals surface area contributed by atoms with Crippen molar-refractivity contribution in [2.75, 3.05) is 11.9 Å². The normalized spacial score (nSPS) is 11.2. The summed E-state index contributed by atoms with van der Waals surface area (Å²) >= 11 is 0. The zero-order chi connectivity index (χ0) is 12.0. The Balaban J connectivity index is 2.87. The molecule has 0 unspecified atom stereocenters. The number of hydrogen-bond acceptors (Lipinski definition) is 1. The second-order valence-corrected chi connectivity index (χ2v) is 4.79. The lowest BCUT2D eigenvalue weighted by Gasteiger charge is -2.26. The summed E-state index contributed by atoms with van der Waals surface area (Å²) in [5, 5.41) is 3.48. The first-order chi connectivity index (χ1) is 7.61. The Bertz CT molecular complexity index is 339. The van der Waals surface area contributed by atoms with Gasteiger partial charge < -0.3 is 5.32 Å². The van der Waals surface area contributed by atoms with E-state index in [1.165, 1.54) is 11.3 Å². The Labute approximate surface area is 99.6 Å². The summed E-state index contributed by atoms with van der Waals surface area (Å²) in [6, 6.07) is 8.59. The van der Waals surface area contributed by atoms with Crippen molar-refractivity contribution in [3.63, 3.8) is 0 Å². The molecule has 0 atom stereocenters. The highest BCUT2D eigenvalue weighted by Gasteiger charge is 2.20. The molecular weight excluding hydrogens is 194 g/mol. The van der Waals surface area contributed by atoms with Crippen molar-refractivity contribution in [2.24, 2.45) is 0 Å². The minimum Gasteiger partial charge on any atom is -0.384 e. The topological polar surface area (TPSA) is 12.0 Å². The smallest absolute Gasteiger partial charge is 0.0378 e. The second-order valence-electron chi connectivity index (χ2n) is 4.79. The van der Waals surface area contributed by atoms with Crippen molar-refractivity contribution in [1.29, 1.82) is 0 Å². The molecule has 0 saturated heterocycles. The molecule has 0 aliphatic carbocycles. The first-order valence-electron chi connectivity index (χ1n) is 6.06. The maximum atomic E-state index is 3.74. The number of benzene rings is 1. The van der Waals surface area contributed by atoms with Gasteiger partial charge >= 0.3 is 0 Å². The Morgan fingerprint density at radius 2 is 2.00 bits per heavy atom. The van der Waals surface area contributed by atoms with Crippen LogP contribution in [0.15, 0.2) is 36.9 Å². The molecule has 16 heavy (non-hydrogen) atoms. The molecule has 1 aromatic carbocycles. The van der Waals surface area contributed by atoms with Crippen LogP contribution < -0.4 is 5.32 Å². The minimum atomic E-state index is 0.234. The fraction of sp³-hybridized carbons (Fsp3) is 0.467. The van der Waals surface area contributed by atoms with Crippen LogP contribution >= 0.6 is 0 Å². The van der Waals surface area contributed by atoms with Gasteiger partial charge in [-0.15, -0.1) is 6.58 Å². The van der Waals surface area contributed by atoms with Gasteiger partial charge in [0.05, 0.1) is 0 Å². The number of nitrogens with one attached hydrogen (secondary N) is 1. The highest BCUT2D eigenvalue weighted by atomic mass is 14.9. The first kappa shape index (κ1) is 12.8. The molecule has 0 aliphatic heterocycles. The summed E-state index contributed by atoms with van der Waals surface area (Å²) in [6.45, 7) is 11.5. The van der Waals surface area contributed by atoms with Crippen molar-refractivity contribution >= 4 is 5.69 Å². The zero-order valence-corrected chi connectivity index (χ0v) is 10.7. The minimum absolute atomic E-state index is 0.234. The molecule has 0 saturated carbocycles. The van der Waals surface area contributed by atoms with Gasteiger partial charge in [-0.05, 0) is 29.9 Å². The molecule has 0 bridgehead atoms. The van der Waals surface area contributed by atoms with Gasteiger partial charge in [0.2, 0.25) is 0 Å². The van der Waals surface area contributed by atoms with Crippen LogP contribution in [0.3, 0.4) is 0 Å². The Morgan fingerprint density at radius 1 is 1.31 bits per heavy atom. The summed E-state index contributed by atoms with van der Waals surface area (Å²) in [5.74, 6) is 0. The molecule has 0 radical (unpaired) electrons. The molecule has 0 spiro atoms. The average molecular weight is 217 g/mol. The van der Waals surface area contributed by atoms with Gasteiger partial charge in [0.25, 0.3) is 0 Å². The van der Waals surface area contributed by atoms with Crippen LogP contribution in [-0.2, 0) is 5.41 Å². The van der Waals surface area contributed by atoms with Gasteiger partial charge in [0.15, 0.2) is 0 Å². The van der Waals surface area contributed by atoms with Crippen LogP contribution in [-0.4, -0.2) is 6.54 Å². The van der Waals surface area contributed by atoms with Crippen LogP contribution in [0.4, 0.5) is 5.69 Å². The Kier molecular flexibility index (Phi) is 4.60. The highest BCUT2D eigenvalue weighted by molar-refractivity contribution is 5.54. The molecule has 0 heterocycles. The van der Waals surface area contributed by atoms with Gasteiger partial charge in [0.1, 0.15) is 0 Å². The average Bonchev–Trinajstić information content (AvgIpc) is 2.30. The van der Waals surface area contributed by atoms with E-state index in [2.05, 4.69) is 56.9 Å². The van der Waals surface area contributed by atoms with Crippen LogP contribution in [0, 0.1) is 0 Å². The van der Waals surface area contributed by atoms with Crippen LogP contribution in [0.5, 0.6) is 0 Å². The number of hydrogen-bond donors (Lipinski definition) is 1. The fourth-order valence-electron chi connectivity index (χ4n) is 1.73. The van der Waals surface area contributed by atoms with E-state index in [0.29, 0.717) is 0 Å². The van der Waals surface area contributed by atoms with Crippen LogP contribution in [0.1, 0.15) is 39.2 Å². The Morgan fingerprint density at radius 3 is 2.62 bits per heavy atom. The van der Waals surface area contributed by atoms with Gasteiger partial charge in [0, 0.05) is 12.2 Å². The standard InChI is InChI=1S/C15H23N/c1-5-7-12-16-14-11-9-8-10-13(14)15(3,4)6-2/h5,8-11,16H,1,6-7,12H2,2-4H3. The van der Waals surface area contributed by atoms with E-state index < -0.39 is 0 Å². The molecule has 1 rings (SSSR count). The maximum absolute atomic E-state index is 3.74. The van der Waals surface area contributed by atoms with E-state index in [4.69, 9.17) is 0 Å². The quantitative estimate of drug-likeness (QED) is 0.551. The second kappa shape index (κ2) is 5.74. The summed E-state index contributed by atoms with van der Waals surface area (Å²) in [6.07, 6.45) is 4.09. The van der Waals surface area contributed by atoms with Crippen LogP contribution in [0.25, 0.3) is 0 Å². The molecule has 0 amide bonds. The lowest BCUT2D eigenvalue weighted by molar-refractivity contribution is 0.507. The van der Waals surface area contributed by atoms with Gasteiger partial charge in [-0.2, -0.15) is 0 Å². The van der Waals surface area contributed by atoms with Crippen molar-refractivity contribution in [2.45, 2.75) is 39.0 Å². The van der Waals surface area contributed by atoms with Crippen molar-refractivity contribution in [3.05, 3.63) is 42.5 Å². The summed E-state index contributed by atoms with van der Waals surface area (Å²) in [5.41, 5.74) is 2.90. The van der Waals surface area contributed by atoms with E-state index in [-0.39, 0.29) is 5.41 Å². The van der Waals surface area contributed by atoms with E-state index in [0.717, 1.165) is 19.4 Å². The predicted octanol–water partition coefficient (Wildman–Crippen LogP) is 4.36. The lowest BCUT2D eigenvalue weighted by Crippen LogP contribution is -2.18. The number of para-hydroxylation sites is 1. The SMILES string of the molecule is C=CCCNc1ccccc1C(C)(C)CC. The molecule has 1 aromatic rings. The number of rotatable bonds is 6. The maximum Gasteiger partial charge on any atom is 0.0378 e. The monoisotopic (exact) mass is 217 g/mol. The lowest BCUT2D eigenvalue weighted by atomic mass is 9.81.